The lowest BCUT2D eigenvalue weighted by Crippen LogP contribution is -2.52. The molecule has 6 nitrogen and oxygen atoms in total. The number of anilines is 2. The monoisotopic (exact) mass is 409 g/mol. The van der Waals surface area contributed by atoms with Crippen LogP contribution in [0.4, 0.5) is 24.5 Å². The molecule has 9 heteroatoms. The van der Waals surface area contributed by atoms with Crippen molar-refractivity contribution in [2.24, 2.45) is 7.05 Å². The molecule has 1 aromatic carbocycles. The van der Waals surface area contributed by atoms with Crippen molar-refractivity contribution in [3.05, 3.63) is 41.2 Å². The topological polar surface area (TPSA) is 53.4 Å². The summed E-state index contributed by atoms with van der Waals surface area (Å²) in [6, 6.07) is 5.03. The minimum absolute atomic E-state index is 0.114. The molecular weight excluding hydrogens is 383 g/mol. The number of aryl methyl sites for hydroxylation is 2. The molecule has 1 aromatic heterocycles. The number of hydrogen-bond donors (Lipinski definition) is 1. The van der Waals surface area contributed by atoms with E-state index in [1.165, 1.54) is 12.1 Å². The van der Waals surface area contributed by atoms with Crippen molar-refractivity contribution in [2.45, 2.75) is 33.0 Å². The Morgan fingerprint density at radius 2 is 1.83 bits per heavy atom. The average molecular weight is 409 g/mol. The van der Waals surface area contributed by atoms with Gasteiger partial charge in [-0.1, -0.05) is 6.07 Å². The quantitative estimate of drug-likeness (QED) is 0.843. The van der Waals surface area contributed by atoms with Gasteiger partial charge in [-0.25, -0.2) is 0 Å². The highest BCUT2D eigenvalue weighted by atomic mass is 19.4. The summed E-state index contributed by atoms with van der Waals surface area (Å²) in [5.74, 6) is -0.114. The van der Waals surface area contributed by atoms with Crippen LogP contribution in [0.2, 0.25) is 0 Å². The maximum atomic E-state index is 13.0. The van der Waals surface area contributed by atoms with E-state index in [9.17, 15) is 18.0 Å². The zero-order valence-corrected chi connectivity index (χ0v) is 17.0. The number of hydrogen-bond acceptors (Lipinski definition) is 4. The fourth-order valence-corrected chi connectivity index (χ4v) is 3.59. The number of amides is 1. The molecular formula is C20H26F3N5O. The molecule has 2 heterocycles. The van der Waals surface area contributed by atoms with Crippen LogP contribution in [0.3, 0.4) is 0 Å². The van der Waals surface area contributed by atoms with Gasteiger partial charge in [-0.2, -0.15) is 18.3 Å². The number of alkyl halides is 3. The molecule has 1 saturated heterocycles. The normalized spacial score (nSPS) is 16.7. The maximum Gasteiger partial charge on any atom is 0.416 e. The molecule has 1 aliphatic heterocycles. The summed E-state index contributed by atoms with van der Waals surface area (Å²) in [5.41, 5.74) is 2.29. The van der Waals surface area contributed by atoms with Crippen molar-refractivity contribution in [2.75, 3.05) is 36.4 Å². The standard InChI is InChI=1S/C20H26F3N5O/c1-13-18(14(2)26(4)25-13)24-19(29)15(3)27-8-10-28(11-9-27)17-7-5-6-16(12-17)20(21,22)23/h5-7,12,15H,8-11H2,1-4H3,(H,24,29)/t15-/m0/s1. The number of rotatable bonds is 4. The Bertz CT molecular complexity index is 885. The van der Waals surface area contributed by atoms with Crippen molar-refractivity contribution in [1.82, 2.24) is 14.7 Å². The zero-order chi connectivity index (χ0) is 21.3. The molecule has 0 unspecified atom stereocenters. The Labute approximate surface area is 168 Å². The minimum atomic E-state index is -4.35. The average Bonchev–Trinajstić information content (AvgIpc) is 2.93. The second kappa shape index (κ2) is 8.06. The first-order valence-electron chi connectivity index (χ1n) is 9.55. The molecule has 0 aliphatic carbocycles. The van der Waals surface area contributed by atoms with Crippen molar-refractivity contribution >= 4 is 17.3 Å². The van der Waals surface area contributed by atoms with Crippen molar-refractivity contribution in [3.63, 3.8) is 0 Å². The molecule has 0 radical (unpaired) electrons. The van der Waals surface area contributed by atoms with Gasteiger partial charge >= 0.3 is 6.18 Å². The first-order valence-corrected chi connectivity index (χ1v) is 9.55. The van der Waals surface area contributed by atoms with Gasteiger partial charge in [-0.15, -0.1) is 0 Å². The molecule has 1 aliphatic rings. The van der Waals surface area contributed by atoms with Crippen LogP contribution in [-0.4, -0.2) is 52.8 Å². The molecule has 2 aromatic rings. The summed E-state index contributed by atoms with van der Waals surface area (Å²) in [6.07, 6.45) is -4.35. The Hall–Kier alpha value is -2.55. The predicted octanol–water partition coefficient (Wildman–Crippen LogP) is 3.20. The summed E-state index contributed by atoms with van der Waals surface area (Å²) in [7, 11) is 1.83. The fraction of sp³-hybridized carbons (Fsp3) is 0.500. The molecule has 0 bridgehead atoms. The zero-order valence-electron chi connectivity index (χ0n) is 17.0. The lowest BCUT2D eigenvalue weighted by molar-refractivity contribution is -0.137. The summed E-state index contributed by atoms with van der Waals surface area (Å²) < 4.78 is 40.6. The third-order valence-electron chi connectivity index (χ3n) is 5.54. The number of carbonyl (C=O) groups excluding carboxylic acids is 1. The lowest BCUT2D eigenvalue weighted by atomic mass is 10.1. The molecule has 1 amide bonds. The first kappa shape index (κ1) is 21.2. The van der Waals surface area contributed by atoms with E-state index in [1.807, 2.05) is 37.6 Å². The van der Waals surface area contributed by atoms with Gasteiger partial charge in [-0.3, -0.25) is 14.4 Å². The van der Waals surface area contributed by atoms with Gasteiger partial charge in [-0.05, 0) is 39.0 Å². The van der Waals surface area contributed by atoms with Crippen molar-refractivity contribution < 1.29 is 18.0 Å². The van der Waals surface area contributed by atoms with Gasteiger partial charge in [0.25, 0.3) is 0 Å². The number of benzene rings is 1. The summed E-state index contributed by atoms with van der Waals surface area (Å²) >= 11 is 0. The molecule has 1 N–H and O–H groups in total. The van der Waals surface area contributed by atoms with Gasteiger partial charge in [0.15, 0.2) is 0 Å². The van der Waals surface area contributed by atoms with E-state index < -0.39 is 11.7 Å². The van der Waals surface area contributed by atoms with Gasteiger partial charge in [0, 0.05) is 38.9 Å². The van der Waals surface area contributed by atoms with E-state index in [2.05, 4.69) is 10.4 Å². The second-order valence-electron chi connectivity index (χ2n) is 7.41. The largest absolute Gasteiger partial charge is 0.416 e. The predicted molar refractivity (Wildman–Crippen MR) is 106 cm³/mol. The fourth-order valence-electron chi connectivity index (χ4n) is 3.59. The molecule has 0 spiro atoms. The molecule has 29 heavy (non-hydrogen) atoms. The van der Waals surface area contributed by atoms with Crippen LogP contribution in [0.25, 0.3) is 0 Å². The Morgan fingerprint density at radius 3 is 2.38 bits per heavy atom. The van der Waals surface area contributed by atoms with Crippen LogP contribution in [0.1, 0.15) is 23.9 Å². The summed E-state index contributed by atoms with van der Waals surface area (Å²) in [5, 5.41) is 7.27. The van der Waals surface area contributed by atoms with E-state index in [1.54, 1.807) is 10.7 Å². The van der Waals surface area contributed by atoms with Crippen LogP contribution >= 0.6 is 0 Å². The highest BCUT2D eigenvalue weighted by Gasteiger charge is 2.32. The van der Waals surface area contributed by atoms with E-state index in [0.29, 0.717) is 31.9 Å². The van der Waals surface area contributed by atoms with Crippen molar-refractivity contribution in [3.8, 4) is 0 Å². The number of carbonyl (C=O) groups is 1. The van der Waals surface area contributed by atoms with Crippen LogP contribution in [0.5, 0.6) is 0 Å². The number of halogens is 3. The first-order chi connectivity index (χ1) is 13.6. The van der Waals surface area contributed by atoms with Crippen molar-refractivity contribution in [1.29, 1.82) is 0 Å². The van der Waals surface area contributed by atoms with Gasteiger partial charge < -0.3 is 10.2 Å². The van der Waals surface area contributed by atoms with Gasteiger partial charge in [0.05, 0.1) is 28.7 Å². The van der Waals surface area contributed by atoms with Crippen LogP contribution < -0.4 is 10.2 Å². The second-order valence-corrected chi connectivity index (χ2v) is 7.41. The smallest absolute Gasteiger partial charge is 0.369 e. The molecule has 3 rings (SSSR count). The third kappa shape index (κ3) is 4.55. The van der Waals surface area contributed by atoms with Crippen LogP contribution in [-0.2, 0) is 18.0 Å². The molecule has 1 fully saturated rings. The number of nitrogens with zero attached hydrogens (tertiary/aromatic N) is 4. The Balaban J connectivity index is 1.61. The SMILES string of the molecule is Cc1nn(C)c(C)c1NC(=O)[C@H](C)N1CCN(c2cccc(C(F)(F)F)c2)CC1. The summed E-state index contributed by atoms with van der Waals surface area (Å²) in [6.45, 7) is 7.89. The van der Waals surface area contributed by atoms with E-state index >= 15 is 0 Å². The Kier molecular flexibility index (Phi) is 5.88. The molecule has 158 valence electrons. The number of nitrogens with one attached hydrogen (secondary N) is 1. The van der Waals surface area contributed by atoms with Crippen LogP contribution in [0, 0.1) is 13.8 Å². The maximum absolute atomic E-state index is 13.0. The lowest BCUT2D eigenvalue weighted by Gasteiger charge is -2.38. The van der Waals surface area contributed by atoms with Gasteiger partial charge in [0.2, 0.25) is 5.91 Å². The van der Waals surface area contributed by atoms with Crippen LogP contribution in [0.15, 0.2) is 24.3 Å². The minimum Gasteiger partial charge on any atom is -0.369 e. The number of aromatic nitrogens is 2. The molecule has 0 saturated carbocycles. The van der Waals surface area contributed by atoms with E-state index in [-0.39, 0.29) is 11.9 Å². The highest BCUT2D eigenvalue weighted by molar-refractivity contribution is 5.95. The Morgan fingerprint density at radius 1 is 1.17 bits per heavy atom. The van der Waals surface area contributed by atoms with Gasteiger partial charge in [0.1, 0.15) is 0 Å². The van der Waals surface area contributed by atoms with E-state index in [4.69, 9.17) is 0 Å². The molecule has 1 atom stereocenters. The van der Waals surface area contributed by atoms with E-state index in [0.717, 1.165) is 23.1 Å². The summed E-state index contributed by atoms with van der Waals surface area (Å²) in [4.78, 5) is 16.7. The third-order valence-corrected chi connectivity index (χ3v) is 5.54. The number of piperazine rings is 1. The highest BCUT2D eigenvalue weighted by Crippen LogP contribution is 2.32.